The smallest absolute Gasteiger partial charge is 0.414 e. The molecule has 0 atom stereocenters. The summed E-state index contributed by atoms with van der Waals surface area (Å²) in [7, 11) is 0. The molecule has 0 N–H and O–H groups in total. The lowest BCUT2D eigenvalue weighted by molar-refractivity contribution is 0.159. The van der Waals surface area contributed by atoms with Crippen LogP contribution in [0, 0.1) is 0 Å². The number of pyridine rings is 1. The van der Waals surface area contributed by atoms with Crippen LogP contribution in [0.2, 0.25) is 0 Å². The molecule has 0 saturated carbocycles. The van der Waals surface area contributed by atoms with E-state index in [1.54, 1.807) is 24.2 Å². The summed E-state index contributed by atoms with van der Waals surface area (Å²) in [4.78, 5) is 17.7. The molecule has 1 amide bonds. The van der Waals surface area contributed by atoms with E-state index in [9.17, 15) is 4.79 Å². The van der Waals surface area contributed by atoms with Crippen LogP contribution in [-0.2, 0) is 11.3 Å². The van der Waals surface area contributed by atoms with Crippen molar-refractivity contribution in [3.8, 4) is 0 Å². The van der Waals surface area contributed by atoms with Gasteiger partial charge in [-0.1, -0.05) is 24.3 Å². The van der Waals surface area contributed by atoms with Crippen molar-refractivity contribution >= 4 is 11.8 Å². The quantitative estimate of drug-likeness (QED) is 0.843. The first-order chi connectivity index (χ1) is 9.31. The van der Waals surface area contributed by atoms with Crippen LogP contribution in [0.3, 0.4) is 0 Å². The molecule has 0 spiro atoms. The Morgan fingerprint density at radius 1 is 1.21 bits per heavy atom. The molecule has 4 heteroatoms. The molecule has 0 aliphatic rings. The zero-order valence-corrected chi connectivity index (χ0v) is 10.8. The van der Waals surface area contributed by atoms with Gasteiger partial charge in [-0.2, -0.15) is 0 Å². The first-order valence-electron chi connectivity index (χ1n) is 6.19. The molecule has 1 aromatic heterocycles. The maximum Gasteiger partial charge on any atom is 0.414 e. The third kappa shape index (κ3) is 3.55. The van der Waals surface area contributed by atoms with E-state index in [-0.39, 0.29) is 6.09 Å². The van der Waals surface area contributed by atoms with Gasteiger partial charge in [0, 0.05) is 18.1 Å². The van der Waals surface area contributed by atoms with Crippen LogP contribution in [0.15, 0.2) is 54.9 Å². The number of hydrogen-bond donors (Lipinski definition) is 0. The Hall–Kier alpha value is -2.36. The lowest BCUT2D eigenvalue weighted by Crippen LogP contribution is -2.31. The average Bonchev–Trinajstić information content (AvgIpc) is 2.47. The summed E-state index contributed by atoms with van der Waals surface area (Å²) < 4.78 is 5.10. The monoisotopic (exact) mass is 256 g/mol. The molecule has 0 radical (unpaired) electrons. The number of anilines is 1. The SMILES string of the molecule is CCOC(=O)N(Cc1cccnc1)c1ccccc1. The van der Waals surface area contributed by atoms with Gasteiger partial charge in [0.05, 0.1) is 13.2 Å². The number of benzene rings is 1. The second kappa shape index (κ2) is 6.54. The molecule has 4 nitrogen and oxygen atoms in total. The molecular weight excluding hydrogens is 240 g/mol. The third-order valence-electron chi connectivity index (χ3n) is 2.62. The Balaban J connectivity index is 2.22. The van der Waals surface area contributed by atoms with Crippen LogP contribution in [-0.4, -0.2) is 17.7 Å². The van der Waals surface area contributed by atoms with E-state index in [4.69, 9.17) is 4.74 Å². The summed E-state index contributed by atoms with van der Waals surface area (Å²) in [6.07, 6.45) is 3.10. The van der Waals surface area contributed by atoms with Crippen LogP contribution >= 0.6 is 0 Å². The van der Waals surface area contributed by atoms with Gasteiger partial charge in [-0.05, 0) is 30.7 Å². The molecule has 19 heavy (non-hydrogen) atoms. The molecule has 0 bridgehead atoms. The fraction of sp³-hybridized carbons (Fsp3) is 0.200. The summed E-state index contributed by atoms with van der Waals surface area (Å²) in [5.41, 5.74) is 1.77. The molecule has 0 aliphatic heterocycles. The van der Waals surface area contributed by atoms with E-state index >= 15 is 0 Å². The van der Waals surface area contributed by atoms with Gasteiger partial charge in [0.2, 0.25) is 0 Å². The van der Waals surface area contributed by atoms with Crippen LogP contribution in [0.5, 0.6) is 0 Å². The lowest BCUT2D eigenvalue weighted by atomic mass is 10.2. The summed E-state index contributed by atoms with van der Waals surface area (Å²) in [5.74, 6) is 0. The standard InChI is InChI=1S/C15H16N2O2/c1-2-19-15(18)17(14-8-4-3-5-9-14)12-13-7-6-10-16-11-13/h3-11H,2,12H2,1H3. The lowest BCUT2D eigenvalue weighted by Gasteiger charge is -2.21. The zero-order chi connectivity index (χ0) is 13.5. The van der Waals surface area contributed by atoms with Crippen molar-refractivity contribution in [2.75, 3.05) is 11.5 Å². The number of nitrogens with zero attached hydrogens (tertiary/aromatic N) is 2. The number of hydrogen-bond acceptors (Lipinski definition) is 3. The highest BCUT2D eigenvalue weighted by molar-refractivity contribution is 5.87. The zero-order valence-electron chi connectivity index (χ0n) is 10.8. The van der Waals surface area contributed by atoms with E-state index in [0.717, 1.165) is 11.3 Å². The van der Waals surface area contributed by atoms with E-state index in [1.165, 1.54) is 0 Å². The molecular formula is C15H16N2O2. The minimum atomic E-state index is -0.349. The topological polar surface area (TPSA) is 42.4 Å². The molecule has 1 aromatic carbocycles. The molecule has 2 rings (SSSR count). The highest BCUT2D eigenvalue weighted by Crippen LogP contribution is 2.17. The number of rotatable bonds is 4. The number of carbonyl (C=O) groups excluding carboxylic acids is 1. The van der Waals surface area contributed by atoms with Crippen molar-refractivity contribution in [2.45, 2.75) is 13.5 Å². The van der Waals surface area contributed by atoms with Gasteiger partial charge < -0.3 is 4.74 Å². The maximum atomic E-state index is 12.0. The third-order valence-corrected chi connectivity index (χ3v) is 2.62. The van der Waals surface area contributed by atoms with Gasteiger partial charge in [-0.15, -0.1) is 0 Å². The second-order valence-corrected chi connectivity index (χ2v) is 3.98. The van der Waals surface area contributed by atoms with Crippen molar-refractivity contribution in [2.24, 2.45) is 0 Å². The van der Waals surface area contributed by atoms with Crippen molar-refractivity contribution in [3.05, 3.63) is 60.4 Å². The van der Waals surface area contributed by atoms with Gasteiger partial charge in [-0.25, -0.2) is 4.79 Å². The maximum absolute atomic E-state index is 12.0. The number of para-hydroxylation sites is 1. The Morgan fingerprint density at radius 2 is 2.00 bits per heavy atom. The largest absolute Gasteiger partial charge is 0.449 e. The van der Waals surface area contributed by atoms with E-state index < -0.39 is 0 Å². The van der Waals surface area contributed by atoms with E-state index in [0.29, 0.717) is 13.2 Å². The summed E-state index contributed by atoms with van der Waals surface area (Å²) in [6.45, 7) is 2.59. The number of aromatic nitrogens is 1. The first kappa shape index (κ1) is 13.1. The normalized spacial score (nSPS) is 9.95. The fourth-order valence-electron chi connectivity index (χ4n) is 1.74. The fourth-order valence-corrected chi connectivity index (χ4v) is 1.74. The van der Waals surface area contributed by atoms with Crippen LogP contribution in [0.4, 0.5) is 10.5 Å². The molecule has 0 saturated heterocycles. The second-order valence-electron chi connectivity index (χ2n) is 3.98. The van der Waals surface area contributed by atoms with Gasteiger partial charge in [0.1, 0.15) is 0 Å². The Morgan fingerprint density at radius 3 is 2.63 bits per heavy atom. The molecule has 2 aromatic rings. The Kier molecular flexibility index (Phi) is 4.50. The predicted molar refractivity (Wildman–Crippen MR) is 73.9 cm³/mol. The minimum absolute atomic E-state index is 0.349. The van der Waals surface area contributed by atoms with Gasteiger partial charge in [-0.3, -0.25) is 9.88 Å². The van der Waals surface area contributed by atoms with Crippen molar-refractivity contribution in [3.63, 3.8) is 0 Å². The molecule has 0 fully saturated rings. The van der Waals surface area contributed by atoms with Crippen LogP contribution < -0.4 is 4.90 Å². The number of amides is 1. The Labute approximate surface area is 112 Å². The van der Waals surface area contributed by atoms with Gasteiger partial charge in [0.15, 0.2) is 0 Å². The molecule has 0 unspecified atom stereocenters. The summed E-state index contributed by atoms with van der Waals surface area (Å²) >= 11 is 0. The molecule has 1 heterocycles. The predicted octanol–water partition coefficient (Wildman–Crippen LogP) is 3.24. The molecule has 98 valence electrons. The molecule has 0 aliphatic carbocycles. The van der Waals surface area contributed by atoms with E-state index in [1.807, 2.05) is 42.5 Å². The van der Waals surface area contributed by atoms with Gasteiger partial charge in [0.25, 0.3) is 0 Å². The number of carbonyl (C=O) groups is 1. The average molecular weight is 256 g/mol. The highest BCUT2D eigenvalue weighted by atomic mass is 16.6. The van der Waals surface area contributed by atoms with E-state index in [2.05, 4.69) is 4.98 Å². The van der Waals surface area contributed by atoms with Crippen LogP contribution in [0.25, 0.3) is 0 Å². The minimum Gasteiger partial charge on any atom is -0.449 e. The van der Waals surface area contributed by atoms with Crippen molar-refractivity contribution in [1.29, 1.82) is 0 Å². The van der Waals surface area contributed by atoms with Crippen molar-refractivity contribution < 1.29 is 9.53 Å². The highest BCUT2D eigenvalue weighted by Gasteiger charge is 2.16. The summed E-state index contributed by atoms with van der Waals surface area (Å²) in [5, 5.41) is 0. The Bertz CT molecular complexity index is 514. The van der Waals surface area contributed by atoms with Gasteiger partial charge >= 0.3 is 6.09 Å². The number of ether oxygens (including phenoxy) is 1. The first-order valence-corrected chi connectivity index (χ1v) is 6.19. The summed E-state index contributed by atoms with van der Waals surface area (Å²) in [6, 6.07) is 13.2. The van der Waals surface area contributed by atoms with Crippen LogP contribution in [0.1, 0.15) is 12.5 Å². The van der Waals surface area contributed by atoms with Crippen molar-refractivity contribution in [1.82, 2.24) is 4.98 Å².